The van der Waals surface area contributed by atoms with Gasteiger partial charge in [-0.2, -0.15) is 0 Å². The predicted octanol–water partition coefficient (Wildman–Crippen LogP) is 3.94. The van der Waals surface area contributed by atoms with Crippen LogP contribution in [0.3, 0.4) is 0 Å². The van der Waals surface area contributed by atoms with Gasteiger partial charge in [-0.15, -0.1) is 0 Å². The van der Waals surface area contributed by atoms with Crippen LogP contribution in [0.1, 0.15) is 57.1 Å². The molecule has 5 nitrogen and oxygen atoms in total. The highest BCUT2D eigenvalue weighted by Gasteiger charge is 2.25. The van der Waals surface area contributed by atoms with Gasteiger partial charge in [-0.1, -0.05) is 32.3 Å². The van der Waals surface area contributed by atoms with E-state index in [4.69, 9.17) is 9.42 Å². The SMILES string of the molecule is C1CCC1.C=Cc1ccnc(N(C)C2CCC(OPO)CC2)n1. The second-order valence-electron chi connectivity index (χ2n) is 6.15. The van der Waals surface area contributed by atoms with Gasteiger partial charge in [0.1, 0.15) is 0 Å². The Bertz CT molecular complexity index is 471. The maximum absolute atomic E-state index is 8.80. The van der Waals surface area contributed by atoms with Gasteiger partial charge in [0.2, 0.25) is 5.95 Å². The zero-order chi connectivity index (χ0) is 16.5. The molecule has 1 N–H and O–H groups in total. The van der Waals surface area contributed by atoms with Crippen molar-refractivity contribution in [2.75, 3.05) is 11.9 Å². The number of rotatable bonds is 5. The molecular weight excluding hydrogens is 309 g/mol. The molecule has 1 aromatic heterocycles. The lowest BCUT2D eigenvalue weighted by atomic mass is 9.92. The Labute approximate surface area is 141 Å². The molecule has 0 saturated heterocycles. The highest BCUT2D eigenvalue weighted by Crippen LogP contribution is 2.29. The molecule has 2 aliphatic rings. The molecule has 6 heteroatoms. The van der Waals surface area contributed by atoms with Gasteiger partial charge in [-0.25, -0.2) is 9.97 Å². The summed E-state index contributed by atoms with van der Waals surface area (Å²) in [4.78, 5) is 19.7. The van der Waals surface area contributed by atoms with Crippen LogP contribution in [-0.2, 0) is 4.52 Å². The smallest absolute Gasteiger partial charge is 0.225 e. The summed E-state index contributed by atoms with van der Waals surface area (Å²) in [5.41, 5.74) is 0.843. The van der Waals surface area contributed by atoms with Crippen LogP contribution < -0.4 is 4.90 Å². The molecule has 0 aromatic carbocycles. The van der Waals surface area contributed by atoms with E-state index in [2.05, 4.69) is 21.4 Å². The molecular formula is C17H28N3O2P. The molecule has 2 aliphatic carbocycles. The van der Waals surface area contributed by atoms with Gasteiger partial charge >= 0.3 is 0 Å². The lowest BCUT2D eigenvalue weighted by Crippen LogP contribution is -2.37. The van der Waals surface area contributed by atoms with Crippen molar-refractivity contribution in [3.8, 4) is 0 Å². The lowest BCUT2D eigenvalue weighted by molar-refractivity contribution is 0.155. The van der Waals surface area contributed by atoms with Crippen molar-refractivity contribution in [1.29, 1.82) is 0 Å². The molecule has 0 spiro atoms. The third kappa shape index (κ3) is 5.83. The quantitative estimate of drug-likeness (QED) is 0.825. The minimum Gasteiger partial charge on any atom is -0.352 e. The summed E-state index contributed by atoms with van der Waals surface area (Å²) in [5, 5.41) is 0. The predicted molar refractivity (Wildman–Crippen MR) is 96.7 cm³/mol. The van der Waals surface area contributed by atoms with Crippen molar-refractivity contribution in [1.82, 2.24) is 9.97 Å². The van der Waals surface area contributed by atoms with Crippen LogP contribution in [0.5, 0.6) is 0 Å². The van der Waals surface area contributed by atoms with E-state index in [1.807, 2.05) is 13.1 Å². The topological polar surface area (TPSA) is 58.5 Å². The fraction of sp³-hybridized carbons (Fsp3) is 0.647. The highest BCUT2D eigenvalue weighted by atomic mass is 31.1. The molecule has 0 aliphatic heterocycles. The van der Waals surface area contributed by atoms with E-state index in [1.54, 1.807) is 12.3 Å². The summed E-state index contributed by atoms with van der Waals surface area (Å²) in [6.07, 6.45) is 13.7. The summed E-state index contributed by atoms with van der Waals surface area (Å²) >= 11 is 0. The minimum atomic E-state index is -0.403. The average Bonchev–Trinajstić information content (AvgIpc) is 2.54. The van der Waals surface area contributed by atoms with E-state index >= 15 is 0 Å². The van der Waals surface area contributed by atoms with Crippen molar-refractivity contribution < 1.29 is 9.42 Å². The minimum absolute atomic E-state index is 0.202. The fourth-order valence-electron chi connectivity index (χ4n) is 2.68. The second kappa shape index (κ2) is 9.96. The van der Waals surface area contributed by atoms with Crippen molar-refractivity contribution in [2.45, 2.75) is 63.5 Å². The Kier molecular flexibility index (Phi) is 7.93. The molecule has 1 unspecified atom stereocenters. The Morgan fingerprint density at radius 3 is 2.43 bits per heavy atom. The average molecular weight is 337 g/mol. The summed E-state index contributed by atoms with van der Waals surface area (Å²) in [6, 6.07) is 2.28. The first-order valence-corrected chi connectivity index (χ1v) is 9.33. The number of hydrogen-bond acceptors (Lipinski definition) is 5. The molecule has 0 amide bonds. The van der Waals surface area contributed by atoms with Crippen LogP contribution in [0.4, 0.5) is 5.95 Å². The second-order valence-corrected chi connectivity index (χ2v) is 6.57. The Balaban J connectivity index is 0.000000417. The summed E-state index contributed by atoms with van der Waals surface area (Å²) in [6.45, 7) is 3.73. The summed E-state index contributed by atoms with van der Waals surface area (Å²) < 4.78 is 5.27. The molecule has 2 saturated carbocycles. The van der Waals surface area contributed by atoms with Crippen LogP contribution in [0.2, 0.25) is 0 Å². The number of aromatic nitrogens is 2. The molecule has 1 aromatic rings. The van der Waals surface area contributed by atoms with Gasteiger partial charge in [0.15, 0.2) is 9.03 Å². The van der Waals surface area contributed by atoms with Crippen LogP contribution >= 0.6 is 9.03 Å². The van der Waals surface area contributed by atoms with Crippen molar-refractivity contribution >= 4 is 21.1 Å². The van der Waals surface area contributed by atoms with E-state index in [9.17, 15) is 0 Å². The van der Waals surface area contributed by atoms with Gasteiger partial charge in [-0.05, 0) is 37.8 Å². The van der Waals surface area contributed by atoms with Crippen molar-refractivity contribution in [2.24, 2.45) is 0 Å². The monoisotopic (exact) mass is 337 g/mol. The van der Waals surface area contributed by atoms with Crippen molar-refractivity contribution in [3.63, 3.8) is 0 Å². The summed E-state index contributed by atoms with van der Waals surface area (Å²) in [7, 11) is 1.63. The first kappa shape index (κ1) is 18.3. The normalized spacial score (nSPS) is 23.7. The van der Waals surface area contributed by atoms with Gasteiger partial charge in [0, 0.05) is 19.3 Å². The Morgan fingerprint density at radius 2 is 1.91 bits per heavy atom. The Morgan fingerprint density at radius 1 is 1.26 bits per heavy atom. The zero-order valence-electron chi connectivity index (χ0n) is 13.9. The highest BCUT2D eigenvalue weighted by molar-refractivity contribution is 7.25. The first-order valence-electron chi connectivity index (χ1n) is 8.47. The van der Waals surface area contributed by atoms with Gasteiger partial charge in [-0.3, -0.25) is 0 Å². The van der Waals surface area contributed by atoms with Crippen LogP contribution in [0.15, 0.2) is 18.8 Å². The van der Waals surface area contributed by atoms with E-state index in [0.29, 0.717) is 6.04 Å². The molecule has 1 atom stereocenters. The zero-order valence-corrected chi connectivity index (χ0v) is 14.9. The molecule has 128 valence electrons. The Hall–Kier alpha value is -1.03. The number of nitrogens with zero attached hydrogens (tertiary/aromatic N) is 3. The lowest BCUT2D eigenvalue weighted by Gasteiger charge is -2.34. The maximum atomic E-state index is 8.80. The third-order valence-electron chi connectivity index (χ3n) is 4.60. The van der Waals surface area contributed by atoms with Crippen LogP contribution in [0, 0.1) is 0 Å². The van der Waals surface area contributed by atoms with Gasteiger partial charge < -0.3 is 14.3 Å². The standard InChI is InChI=1S/C13H20N3O2P.C4H8/c1-3-10-8-9-14-13(15-10)16(2)11-4-6-12(7-5-11)18-19-17;1-2-4-3-1/h3,8-9,11-12,17,19H,1,4-7H2,2H3;1-4H2. The van der Waals surface area contributed by atoms with Crippen LogP contribution in [0.25, 0.3) is 6.08 Å². The van der Waals surface area contributed by atoms with Gasteiger partial charge in [0.05, 0.1) is 11.8 Å². The summed E-state index contributed by atoms with van der Waals surface area (Å²) in [5.74, 6) is 0.741. The van der Waals surface area contributed by atoms with Crippen LogP contribution in [-0.4, -0.2) is 34.1 Å². The maximum Gasteiger partial charge on any atom is 0.225 e. The number of hydrogen-bond donors (Lipinski definition) is 1. The molecule has 0 bridgehead atoms. The van der Waals surface area contributed by atoms with Gasteiger partial charge in [0.25, 0.3) is 0 Å². The molecule has 1 heterocycles. The van der Waals surface area contributed by atoms with E-state index in [1.165, 1.54) is 25.7 Å². The largest absolute Gasteiger partial charge is 0.352 e. The van der Waals surface area contributed by atoms with E-state index in [-0.39, 0.29) is 6.10 Å². The first-order chi connectivity index (χ1) is 11.2. The number of anilines is 1. The van der Waals surface area contributed by atoms with Crippen molar-refractivity contribution in [3.05, 3.63) is 24.5 Å². The molecule has 3 rings (SSSR count). The molecule has 0 radical (unpaired) electrons. The van der Waals surface area contributed by atoms with E-state index < -0.39 is 9.03 Å². The fourth-order valence-corrected chi connectivity index (χ4v) is 3.07. The molecule has 23 heavy (non-hydrogen) atoms. The molecule has 2 fully saturated rings. The van der Waals surface area contributed by atoms with E-state index in [0.717, 1.165) is 37.3 Å². The third-order valence-corrected chi connectivity index (χ3v) is 5.04.